The minimum absolute atomic E-state index is 0.0897. The molecule has 1 atom stereocenters. The molecule has 0 amide bonds. The van der Waals surface area contributed by atoms with E-state index in [1.165, 1.54) is 6.07 Å². The van der Waals surface area contributed by atoms with E-state index >= 15 is 0 Å². The molecular formula is C35H19N2O3-. The van der Waals surface area contributed by atoms with Gasteiger partial charge in [-0.15, -0.1) is 0 Å². The highest BCUT2D eigenvalue weighted by Crippen LogP contribution is 2.54. The molecule has 0 bridgehead atoms. The second-order valence-electron chi connectivity index (χ2n) is 9.96. The number of carbonyl (C=O) groups excluding carboxylic acids is 1. The molecule has 0 heterocycles. The van der Waals surface area contributed by atoms with E-state index < -0.39 is 5.92 Å². The summed E-state index contributed by atoms with van der Waals surface area (Å²) in [4.78, 5) is 17.6. The third-order valence-electron chi connectivity index (χ3n) is 7.85. The highest BCUT2D eigenvalue weighted by Gasteiger charge is 2.45. The number of nitrogens with zero attached hydrogens (tertiary/aromatic N) is 2. The van der Waals surface area contributed by atoms with Crippen molar-refractivity contribution in [2.45, 2.75) is 5.92 Å². The number of fused-ring (bicyclic) bond motifs is 4. The van der Waals surface area contributed by atoms with E-state index in [1.807, 2.05) is 78.7 Å². The van der Waals surface area contributed by atoms with Crippen molar-refractivity contribution in [3.63, 3.8) is 0 Å². The van der Waals surface area contributed by atoms with E-state index in [9.17, 15) is 20.4 Å². The number of hydrogen-bond acceptors (Lipinski definition) is 3. The number of allylic oxidation sites excluding steroid dienone is 2. The molecule has 0 saturated heterocycles. The summed E-state index contributed by atoms with van der Waals surface area (Å²) in [6.07, 6.45) is 0. The second-order valence-corrected chi connectivity index (χ2v) is 9.96. The second kappa shape index (κ2) is 8.68. The molecule has 5 heteroatoms. The van der Waals surface area contributed by atoms with Crippen molar-refractivity contribution < 1.29 is 15.0 Å². The van der Waals surface area contributed by atoms with E-state index in [1.54, 1.807) is 18.2 Å². The normalized spacial score (nSPS) is 14.9. The number of ketones is 1. The van der Waals surface area contributed by atoms with E-state index in [2.05, 4.69) is 4.85 Å². The Morgan fingerprint density at radius 1 is 0.725 bits per heavy atom. The van der Waals surface area contributed by atoms with Gasteiger partial charge < -0.3 is 15.6 Å². The Kier molecular flexibility index (Phi) is 5.08. The molecule has 6 aromatic rings. The minimum Gasteiger partial charge on any atom is -0.775 e. The summed E-state index contributed by atoms with van der Waals surface area (Å²) in [5.74, 6) is 0.362. The van der Waals surface area contributed by atoms with Crippen LogP contribution in [0.25, 0.3) is 58.9 Å². The molecule has 1 aliphatic rings. The number of aromatic hydroxyl groups is 2. The molecule has 188 valence electrons. The van der Waals surface area contributed by atoms with E-state index in [4.69, 9.17) is 6.57 Å². The smallest absolute Gasteiger partial charge is 0.210 e. The molecule has 2 N–H and O–H groups in total. The van der Waals surface area contributed by atoms with Gasteiger partial charge in [0.1, 0.15) is 11.5 Å². The number of rotatable bonds is 3. The maximum absolute atomic E-state index is 14.1. The number of Topliss-reactive ketones (excluding diaryl/α,β-unsaturated/α-hetero) is 1. The largest absolute Gasteiger partial charge is 0.775 e. The van der Waals surface area contributed by atoms with Gasteiger partial charge in [-0.05, 0) is 85.1 Å². The van der Waals surface area contributed by atoms with Gasteiger partial charge in [-0.3, -0.25) is 10.7 Å². The van der Waals surface area contributed by atoms with Crippen molar-refractivity contribution in [1.82, 2.24) is 0 Å². The fourth-order valence-corrected chi connectivity index (χ4v) is 6.00. The quantitative estimate of drug-likeness (QED) is 0.143. The zero-order chi connectivity index (χ0) is 27.5. The summed E-state index contributed by atoms with van der Waals surface area (Å²) < 4.78 is 0. The highest BCUT2D eigenvalue weighted by molar-refractivity contribution is 6.37. The number of benzene rings is 6. The fraction of sp³-hybridized carbons (Fsp3) is 0.0286. The van der Waals surface area contributed by atoms with Gasteiger partial charge in [0, 0.05) is 16.7 Å². The van der Waals surface area contributed by atoms with Crippen LogP contribution < -0.4 is 0 Å². The first kappa shape index (κ1) is 23.4. The Labute approximate surface area is 228 Å². The summed E-state index contributed by atoms with van der Waals surface area (Å²) in [5, 5.41) is 39.0. The summed E-state index contributed by atoms with van der Waals surface area (Å²) >= 11 is 0. The van der Waals surface area contributed by atoms with Crippen LogP contribution in [0.2, 0.25) is 0 Å². The van der Waals surface area contributed by atoms with Crippen molar-refractivity contribution in [3.05, 3.63) is 136 Å². The van der Waals surface area contributed by atoms with Crippen LogP contribution in [0.15, 0.2) is 108 Å². The van der Waals surface area contributed by atoms with Crippen LogP contribution in [0.3, 0.4) is 0 Å². The molecule has 1 unspecified atom stereocenters. The molecule has 1 aliphatic carbocycles. The average Bonchev–Trinajstić information content (AvgIpc) is 2.98. The molecular weight excluding hydrogens is 496 g/mol. The SMILES string of the molecule is [C-]#[N+]C(=C=[N-])C1=C(c2c(O)ccc3cc4ccccc4cc23)C(=O)C1c1c(O)ccc2cc3ccccc3cc12. The van der Waals surface area contributed by atoms with Gasteiger partial charge in [0.05, 0.1) is 12.5 Å². The first-order valence-corrected chi connectivity index (χ1v) is 12.7. The van der Waals surface area contributed by atoms with Gasteiger partial charge in [0.25, 0.3) is 0 Å². The van der Waals surface area contributed by atoms with Gasteiger partial charge in [0.2, 0.25) is 5.70 Å². The van der Waals surface area contributed by atoms with E-state index in [-0.39, 0.29) is 34.1 Å². The minimum atomic E-state index is -1.03. The monoisotopic (exact) mass is 515 g/mol. The zero-order valence-corrected chi connectivity index (χ0v) is 21.0. The predicted molar refractivity (Wildman–Crippen MR) is 159 cm³/mol. The van der Waals surface area contributed by atoms with Crippen LogP contribution in [-0.4, -0.2) is 21.9 Å². The third-order valence-corrected chi connectivity index (χ3v) is 7.85. The Hall–Kier alpha value is -5.69. The highest BCUT2D eigenvalue weighted by atomic mass is 16.3. The van der Waals surface area contributed by atoms with Gasteiger partial charge in [-0.2, -0.15) is 0 Å². The third kappa shape index (κ3) is 3.28. The Balaban J connectivity index is 1.55. The van der Waals surface area contributed by atoms with Crippen LogP contribution in [0.4, 0.5) is 0 Å². The van der Waals surface area contributed by atoms with Crippen LogP contribution in [0, 0.1) is 6.57 Å². The van der Waals surface area contributed by atoms with E-state index in [0.29, 0.717) is 21.9 Å². The molecule has 40 heavy (non-hydrogen) atoms. The predicted octanol–water partition coefficient (Wildman–Crippen LogP) is 7.87. The first-order valence-electron chi connectivity index (χ1n) is 12.7. The lowest BCUT2D eigenvalue weighted by Crippen LogP contribution is -2.30. The van der Waals surface area contributed by atoms with E-state index in [0.717, 1.165) is 32.3 Å². The fourth-order valence-electron chi connectivity index (χ4n) is 6.00. The molecule has 0 fully saturated rings. The Morgan fingerprint density at radius 3 is 1.82 bits per heavy atom. The van der Waals surface area contributed by atoms with Crippen LogP contribution in [0.1, 0.15) is 17.0 Å². The van der Waals surface area contributed by atoms with Crippen molar-refractivity contribution in [3.8, 4) is 11.5 Å². The lowest BCUT2D eigenvalue weighted by molar-refractivity contribution is -0.115. The molecule has 5 nitrogen and oxygen atoms in total. The zero-order valence-electron chi connectivity index (χ0n) is 21.0. The summed E-state index contributed by atoms with van der Waals surface area (Å²) in [6.45, 7) is 7.74. The lowest BCUT2D eigenvalue weighted by Gasteiger charge is -2.34. The van der Waals surface area contributed by atoms with Gasteiger partial charge >= 0.3 is 0 Å². The summed E-state index contributed by atoms with van der Waals surface area (Å²) in [6, 6.07) is 30.1. The van der Waals surface area contributed by atoms with Gasteiger partial charge in [-0.1, -0.05) is 60.7 Å². The number of hydrogen-bond donors (Lipinski definition) is 2. The molecule has 6 aromatic carbocycles. The van der Waals surface area contributed by atoms with Crippen molar-refractivity contribution in [2.75, 3.05) is 0 Å². The molecule has 7 rings (SSSR count). The van der Waals surface area contributed by atoms with Crippen molar-refractivity contribution in [1.29, 1.82) is 0 Å². The van der Waals surface area contributed by atoms with Crippen molar-refractivity contribution in [2.24, 2.45) is 0 Å². The molecule has 0 aliphatic heterocycles. The molecule has 0 spiro atoms. The van der Waals surface area contributed by atoms with Gasteiger partial charge in [0.15, 0.2) is 5.78 Å². The van der Waals surface area contributed by atoms with Crippen LogP contribution in [0.5, 0.6) is 11.5 Å². The first-order chi connectivity index (χ1) is 19.5. The average molecular weight is 516 g/mol. The lowest BCUT2D eigenvalue weighted by atomic mass is 9.67. The Morgan fingerprint density at radius 2 is 1.25 bits per heavy atom. The summed E-state index contributed by atoms with van der Waals surface area (Å²) in [5.41, 5.74) is 0.756. The summed E-state index contributed by atoms with van der Waals surface area (Å²) in [7, 11) is 0. The van der Waals surface area contributed by atoms with Crippen molar-refractivity contribution >= 4 is 60.3 Å². The number of carbonyl (C=O) groups is 1. The number of phenolic OH excluding ortho intramolecular Hbond substituents is 2. The van der Waals surface area contributed by atoms with Crippen LogP contribution in [-0.2, 0) is 4.79 Å². The maximum Gasteiger partial charge on any atom is 0.210 e. The maximum atomic E-state index is 14.1. The number of phenols is 2. The standard InChI is InChI=1S/C35H19N2O3/c1-37-27(18-36)32-33(30-25-16-21-8-4-2-6-19(21)14-23(25)10-12-28(30)38)35(40)34(32)31-26-17-22-9-5-3-7-20(22)15-24(26)11-13-29(31)39/h2-17,33,38-39H/q-1. The molecule has 0 saturated carbocycles. The molecule has 0 aromatic heterocycles. The topological polar surface area (TPSA) is 84.2 Å². The molecule has 0 radical (unpaired) electrons. The van der Waals surface area contributed by atoms with Gasteiger partial charge in [-0.25, -0.2) is 4.85 Å². The Bertz CT molecular complexity index is 2230. The van der Waals surface area contributed by atoms with Crippen LogP contribution >= 0.6 is 0 Å².